The summed E-state index contributed by atoms with van der Waals surface area (Å²) in [5, 5.41) is 12.3. The van der Waals surface area contributed by atoms with E-state index in [9.17, 15) is 10.1 Å². The first-order valence-corrected chi connectivity index (χ1v) is 8.83. The number of hydrogen-bond acceptors (Lipinski definition) is 2. The van der Waals surface area contributed by atoms with Gasteiger partial charge in [0.25, 0.3) is 0 Å². The molecule has 0 aliphatic heterocycles. The van der Waals surface area contributed by atoms with Crippen LogP contribution in [0.5, 0.6) is 0 Å². The van der Waals surface area contributed by atoms with Crippen molar-refractivity contribution in [2.75, 3.05) is 6.54 Å². The van der Waals surface area contributed by atoms with Crippen molar-refractivity contribution in [3.8, 4) is 6.07 Å². The summed E-state index contributed by atoms with van der Waals surface area (Å²) in [5.41, 5.74) is -0.150. The number of carbonyl (C=O) groups excluding carboxylic acids is 1. The van der Waals surface area contributed by atoms with Crippen molar-refractivity contribution in [2.24, 2.45) is 28.6 Å². The van der Waals surface area contributed by atoms with Gasteiger partial charge in [-0.1, -0.05) is 0 Å². The Hall–Kier alpha value is -1.04. The molecule has 0 aromatic rings. The maximum absolute atomic E-state index is 12.2. The molecule has 3 nitrogen and oxygen atoms in total. The van der Waals surface area contributed by atoms with Gasteiger partial charge in [-0.15, -0.1) is 0 Å². The molecule has 5 aliphatic carbocycles. The van der Waals surface area contributed by atoms with Gasteiger partial charge in [-0.05, 0) is 87.4 Å². The summed E-state index contributed by atoms with van der Waals surface area (Å²) in [6, 6.07) is 2.25. The molecule has 0 heterocycles. The number of nitriles is 1. The molecule has 3 heteroatoms. The molecule has 0 saturated heterocycles. The fourth-order valence-corrected chi connectivity index (χ4v) is 6.13. The lowest BCUT2D eigenvalue weighted by atomic mass is 9.49. The standard InChI is InChI=1S/C18H26N2O/c19-12-18(2-1-3-18)16(21)20-5-4-17-9-13-6-14(10-17)8-15(7-13)11-17/h13-15H,1-11H2,(H,20,21). The lowest BCUT2D eigenvalue weighted by Crippen LogP contribution is -2.49. The fourth-order valence-electron chi connectivity index (χ4n) is 6.13. The van der Waals surface area contributed by atoms with Crippen LogP contribution in [0.15, 0.2) is 0 Å². The van der Waals surface area contributed by atoms with E-state index in [2.05, 4.69) is 11.4 Å². The third kappa shape index (κ3) is 2.18. The van der Waals surface area contributed by atoms with Crippen LogP contribution in [0.3, 0.4) is 0 Å². The van der Waals surface area contributed by atoms with E-state index in [-0.39, 0.29) is 5.91 Å². The number of carbonyl (C=O) groups is 1. The first kappa shape index (κ1) is 13.6. The van der Waals surface area contributed by atoms with Gasteiger partial charge in [-0.2, -0.15) is 5.26 Å². The van der Waals surface area contributed by atoms with E-state index in [1.165, 1.54) is 38.5 Å². The minimum Gasteiger partial charge on any atom is -0.355 e. The Balaban J connectivity index is 1.33. The van der Waals surface area contributed by atoms with Crippen molar-refractivity contribution in [3.05, 3.63) is 0 Å². The highest BCUT2D eigenvalue weighted by molar-refractivity contribution is 5.86. The molecule has 5 aliphatic rings. The molecule has 4 bridgehead atoms. The van der Waals surface area contributed by atoms with Crippen molar-refractivity contribution in [1.29, 1.82) is 5.26 Å². The maximum Gasteiger partial charge on any atom is 0.240 e. The largest absolute Gasteiger partial charge is 0.355 e. The van der Waals surface area contributed by atoms with Gasteiger partial charge in [0.1, 0.15) is 5.41 Å². The molecule has 114 valence electrons. The zero-order valence-corrected chi connectivity index (χ0v) is 12.9. The average Bonchev–Trinajstić information content (AvgIpc) is 2.36. The Labute approximate surface area is 127 Å². The van der Waals surface area contributed by atoms with Crippen molar-refractivity contribution in [1.82, 2.24) is 5.32 Å². The lowest BCUT2D eigenvalue weighted by molar-refractivity contribution is -0.132. The van der Waals surface area contributed by atoms with E-state index >= 15 is 0 Å². The molecule has 5 rings (SSSR count). The molecule has 5 saturated carbocycles. The number of nitrogens with one attached hydrogen (secondary N) is 1. The van der Waals surface area contributed by atoms with Crippen LogP contribution in [0.4, 0.5) is 0 Å². The average molecular weight is 286 g/mol. The van der Waals surface area contributed by atoms with Crippen LogP contribution in [-0.4, -0.2) is 12.5 Å². The fraction of sp³-hybridized carbons (Fsp3) is 0.889. The summed E-state index contributed by atoms with van der Waals surface area (Å²) in [5.74, 6) is 2.93. The Morgan fingerprint density at radius 3 is 2.10 bits per heavy atom. The number of hydrogen-bond donors (Lipinski definition) is 1. The molecule has 1 amide bonds. The Morgan fingerprint density at radius 1 is 1.10 bits per heavy atom. The number of rotatable bonds is 4. The van der Waals surface area contributed by atoms with Crippen molar-refractivity contribution >= 4 is 5.91 Å². The highest BCUT2D eigenvalue weighted by Gasteiger charge is 2.50. The number of nitrogens with zero attached hydrogens (tertiary/aromatic N) is 1. The van der Waals surface area contributed by atoms with E-state index in [1.807, 2.05) is 0 Å². The SMILES string of the molecule is N#CC1(C(=O)NCCC23CC4CC(CC(C4)C2)C3)CCC1. The molecule has 0 unspecified atom stereocenters. The van der Waals surface area contributed by atoms with Gasteiger partial charge in [0.05, 0.1) is 6.07 Å². The summed E-state index contributed by atoms with van der Waals surface area (Å²) in [4.78, 5) is 12.2. The van der Waals surface area contributed by atoms with Gasteiger partial charge < -0.3 is 5.32 Å². The molecule has 0 aromatic heterocycles. The molecular weight excluding hydrogens is 260 g/mol. The summed E-state index contributed by atoms with van der Waals surface area (Å²) in [6.45, 7) is 0.786. The van der Waals surface area contributed by atoms with Gasteiger partial charge in [0.15, 0.2) is 0 Å². The van der Waals surface area contributed by atoms with Crippen LogP contribution < -0.4 is 5.32 Å². The molecule has 1 N–H and O–H groups in total. The molecule has 0 spiro atoms. The Bertz CT molecular complexity index is 451. The second-order valence-electron chi connectivity index (χ2n) is 8.47. The van der Waals surface area contributed by atoms with Gasteiger partial charge in [-0.3, -0.25) is 4.79 Å². The lowest BCUT2D eigenvalue weighted by Gasteiger charge is -2.57. The predicted octanol–water partition coefficient (Wildman–Crippen LogP) is 3.40. The highest BCUT2D eigenvalue weighted by atomic mass is 16.2. The molecule has 0 atom stereocenters. The van der Waals surface area contributed by atoms with E-state index in [4.69, 9.17) is 0 Å². The smallest absolute Gasteiger partial charge is 0.240 e. The summed E-state index contributed by atoms with van der Waals surface area (Å²) >= 11 is 0. The third-order valence-electron chi connectivity index (χ3n) is 6.96. The molecular formula is C18H26N2O. The zero-order chi connectivity index (χ0) is 14.5. The molecule has 21 heavy (non-hydrogen) atoms. The normalized spacial score (nSPS) is 42.1. The van der Waals surface area contributed by atoms with Crippen LogP contribution in [0.2, 0.25) is 0 Å². The third-order valence-corrected chi connectivity index (χ3v) is 6.96. The predicted molar refractivity (Wildman–Crippen MR) is 80.1 cm³/mol. The maximum atomic E-state index is 12.2. The summed E-state index contributed by atoms with van der Waals surface area (Å²) in [7, 11) is 0. The van der Waals surface area contributed by atoms with Crippen LogP contribution >= 0.6 is 0 Å². The minimum absolute atomic E-state index is 0.000906. The molecule has 0 radical (unpaired) electrons. The van der Waals surface area contributed by atoms with E-state index in [0.29, 0.717) is 5.41 Å². The molecule has 0 aromatic carbocycles. The second kappa shape index (κ2) is 4.73. The summed E-state index contributed by atoms with van der Waals surface area (Å²) < 4.78 is 0. The van der Waals surface area contributed by atoms with Crippen LogP contribution in [-0.2, 0) is 4.79 Å². The highest BCUT2D eigenvalue weighted by Crippen LogP contribution is 2.61. The quantitative estimate of drug-likeness (QED) is 0.861. The van der Waals surface area contributed by atoms with Crippen molar-refractivity contribution in [3.63, 3.8) is 0 Å². The first-order chi connectivity index (χ1) is 10.1. The minimum atomic E-state index is -0.679. The topological polar surface area (TPSA) is 52.9 Å². The van der Waals surface area contributed by atoms with Gasteiger partial charge in [-0.25, -0.2) is 0 Å². The van der Waals surface area contributed by atoms with Crippen LogP contribution in [0.25, 0.3) is 0 Å². The van der Waals surface area contributed by atoms with E-state index in [0.717, 1.165) is 50.0 Å². The Morgan fingerprint density at radius 2 is 1.67 bits per heavy atom. The van der Waals surface area contributed by atoms with Gasteiger partial charge >= 0.3 is 0 Å². The first-order valence-electron chi connectivity index (χ1n) is 8.83. The van der Waals surface area contributed by atoms with E-state index in [1.54, 1.807) is 0 Å². The second-order valence-corrected chi connectivity index (χ2v) is 8.47. The van der Waals surface area contributed by atoms with E-state index < -0.39 is 5.41 Å². The monoisotopic (exact) mass is 286 g/mol. The Kier molecular flexibility index (Phi) is 3.07. The van der Waals surface area contributed by atoms with Gasteiger partial charge in [0, 0.05) is 6.54 Å². The van der Waals surface area contributed by atoms with Crippen LogP contribution in [0.1, 0.15) is 64.2 Å². The molecule has 5 fully saturated rings. The van der Waals surface area contributed by atoms with Gasteiger partial charge in [0.2, 0.25) is 5.91 Å². The van der Waals surface area contributed by atoms with Crippen molar-refractivity contribution < 1.29 is 4.79 Å². The van der Waals surface area contributed by atoms with Crippen molar-refractivity contribution in [2.45, 2.75) is 64.2 Å². The number of amides is 1. The zero-order valence-electron chi connectivity index (χ0n) is 12.9. The summed E-state index contributed by atoms with van der Waals surface area (Å²) in [6.07, 6.45) is 12.3. The van der Waals surface area contributed by atoms with Crippen LogP contribution in [0, 0.1) is 39.9 Å².